The third kappa shape index (κ3) is 2.50. The Balaban J connectivity index is 3.02. The molecule has 0 atom stereocenters. The lowest BCUT2D eigenvalue weighted by Crippen LogP contribution is -2.15. The molecule has 14 heavy (non-hydrogen) atoms. The number of pyridine rings is 1. The van der Waals surface area contributed by atoms with Crippen LogP contribution < -0.4 is 0 Å². The van der Waals surface area contributed by atoms with Crippen molar-refractivity contribution in [1.82, 2.24) is 4.98 Å². The molecule has 0 radical (unpaired) electrons. The highest BCUT2D eigenvalue weighted by Crippen LogP contribution is 2.27. The van der Waals surface area contributed by atoms with Gasteiger partial charge in [-0.3, -0.25) is 4.98 Å². The van der Waals surface area contributed by atoms with Crippen molar-refractivity contribution >= 4 is 0 Å². The molecular weight excluding hydrogens is 184 g/mol. The third-order valence-electron chi connectivity index (χ3n) is 2.04. The average Bonchev–Trinajstić information content (AvgIpc) is 2.01. The van der Waals surface area contributed by atoms with Crippen molar-refractivity contribution in [1.29, 1.82) is 0 Å². The lowest BCUT2D eigenvalue weighted by atomic mass is 9.91. The SMILES string of the molecule is CC(C)(C)c1ccc(C(C)(F)F)cn1. The van der Waals surface area contributed by atoms with Gasteiger partial charge in [0.15, 0.2) is 0 Å². The third-order valence-corrected chi connectivity index (χ3v) is 2.04. The summed E-state index contributed by atoms with van der Waals surface area (Å²) in [6, 6.07) is 3.10. The van der Waals surface area contributed by atoms with E-state index in [1.807, 2.05) is 20.8 Å². The second kappa shape index (κ2) is 3.30. The van der Waals surface area contributed by atoms with Crippen LogP contribution in [0.4, 0.5) is 8.78 Å². The standard InChI is InChI=1S/C11H15F2N/c1-10(2,3)9-6-5-8(7-14-9)11(4,12)13/h5-7H,1-4H3. The number of rotatable bonds is 1. The monoisotopic (exact) mass is 199 g/mol. The van der Waals surface area contributed by atoms with E-state index >= 15 is 0 Å². The van der Waals surface area contributed by atoms with Crippen LogP contribution in [-0.2, 0) is 11.3 Å². The molecule has 0 fully saturated rings. The van der Waals surface area contributed by atoms with E-state index in [1.165, 1.54) is 12.3 Å². The second-order valence-corrected chi connectivity index (χ2v) is 4.57. The van der Waals surface area contributed by atoms with Crippen molar-refractivity contribution < 1.29 is 8.78 Å². The van der Waals surface area contributed by atoms with Crippen LogP contribution >= 0.6 is 0 Å². The molecule has 3 heteroatoms. The van der Waals surface area contributed by atoms with Crippen molar-refractivity contribution in [3.8, 4) is 0 Å². The Morgan fingerprint density at radius 2 is 1.64 bits per heavy atom. The van der Waals surface area contributed by atoms with Gasteiger partial charge in [0, 0.05) is 29.8 Å². The van der Waals surface area contributed by atoms with E-state index in [0.29, 0.717) is 0 Å². The average molecular weight is 199 g/mol. The van der Waals surface area contributed by atoms with E-state index in [2.05, 4.69) is 4.98 Å². The Morgan fingerprint density at radius 3 is 1.93 bits per heavy atom. The highest BCUT2D eigenvalue weighted by molar-refractivity contribution is 5.21. The summed E-state index contributed by atoms with van der Waals surface area (Å²) in [5, 5.41) is 0. The van der Waals surface area contributed by atoms with Crippen molar-refractivity contribution in [3.63, 3.8) is 0 Å². The molecule has 78 valence electrons. The zero-order valence-electron chi connectivity index (χ0n) is 8.94. The molecule has 0 aromatic carbocycles. The van der Waals surface area contributed by atoms with E-state index in [-0.39, 0.29) is 11.0 Å². The number of halogens is 2. The molecule has 0 bridgehead atoms. The van der Waals surface area contributed by atoms with Gasteiger partial charge in [-0.25, -0.2) is 8.78 Å². The maximum absolute atomic E-state index is 12.8. The number of hydrogen-bond acceptors (Lipinski definition) is 1. The van der Waals surface area contributed by atoms with Gasteiger partial charge in [0.25, 0.3) is 5.92 Å². The first kappa shape index (κ1) is 11.1. The molecule has 1 nitrogen and oxygen atoms in total. The van der Waals surface area contributed by atoms with E-state index in [1.54, 1.807) is 6.07 Å². The van der Waals surface area contributed by atoms with E-state index in [4.69, 9.17) is 0 Å². The summed E-state index contributed by atoms with van der Waals surface area (Å²) >= 11 is 0. The molecule has 0 spiro atoms. The number of nitrogens with zero attached hydrogens (tertiary/aromatic N) is 1. The lowest BCUT2D eigenvalue weighted by Gasteiger charge is -2.18. The Bertz CT molecular complexity index is 271. The van der Waals surface area contributed by atoms with Crippen LogP contribution in [0.15, 0.2) is 18.3 Å². The fourth-order valence-corrected chi connectivity index (χ4v) is 1.10. The Morgan fingerprint density at radius 1 is 1.07 bits per heavy atom. The molecule has 0 aliphatic carbocycles. The molecule has 0 N–H and O–H groups in total. The van der Waals surface area contributed by atoms with Gasteiger partial charge in [0.1, 0.15) is 0 Å². The van der Waals surface area contributed by atoms with Crippen molar-refractivity contribution in [2.45, 2.75) is 39.0 Å². The van der Waals surface area contributed by atoms with Crippen molar-refractivity contribution in [3.05, 3.63) is 29.6 Å². The molecule has 0 saturated heterocycles. The first-order valence-corrected chi connectivity index (χ1v) is 4.56. The molecule has 1 rings (SSSR count). The second-order valence-electron chi connectivity index (χ2n) is 4.57. The summed E-state index contributed by atoms with van der Waals surface area (Å²) in [5.41, 5.74) is 0.692. The Hall–Kier alpha value is -0.990. The Labute approximate surface area is 83.2 Å². The van der Waals surface area contributed by atoms with Crippen LogP contribution in [0.2, 0.25) is 0 Å². The van der Waals surface area contributed by atoms with Gasteiger partial charge in [0.05, 0.1) is 0 Å². The molecule has 0 amide bonds. The minimum absolute atomic E-state index is 0.0366. The van der Waals surface area contributed by atoms with Crippen LogP contribution in [0, 0.1) is 0 Å². The molecule has 1 heterocycles. The molecular formula is C11H15F2N. The topological polar surface area (TPSA) is 12.9 Å². The van der Waals surface area contributed by atoms with Crippen LogP contribution in [-0.4, -0.2) is 4.98 Å². The van der Waals surface area contributed by atoms with Gasteiger partial charge >= 0.3 is 0 Å². The van der Waals surface area contributed by atoms with Crippen molar-refractivity contribution in [2.75, 3.05) is 0 Å². The summed E-state index contributed by atoms with van der Waals surface area (Å²) in [6.07, 6.45) is 1.25. The van der Waals surface area contributed by atoms with Crippen LogP contribution in [0.25, 0.3) is 0 Å². The highest BCUT2D eigenvalue weighted by atomic mass is 19.3. The Kier molecular flexibility index (Phi) is 2.61. The molecule has 0 saturated carbocycles. The maximum atomic E-state index is 12.8. The van der Waals surface area contributed by atoms with Gasteiger partial charge in [-0.2, -0.15) is 0 Å². The van der Waals surface area contributed by atoms with Gasteiger partial charge in [0.2, 0.25) is 0 Å². The maximum Gasteiger partial charge on any atom is 0.272 e. The number of alkyl halides is 2. The largest absolute Gasteiger partial charge is 0.272 e. The van der Waals surface area contributed by atoms with Gasteiger partial charge in [-0.05, 0) is 12.1 Å². The highest BCUT2D eigenvalue weighted by Gasteiger charge is 2.25. The van der Waals surface area contributed by atoms with E-state index in [0.717, 1.165) is 12.6 Å². The van der Waals surface area contributed by atoms with E-state index < -0.39 is 5.92 Å². The molecule has 1 aromatic rings. The zero-order chi connectivity index (χ0) is 11.0. The smallest absolute Gasteiger partial charge is 0.260 e. The molecule has 1 aromatic heterocycles. The number of hydrogen-bond donors (Lipinski definition) is 0. The minimum Gasteiger partial charge on any atom is -0.260 e. The normalized spacial score (nSPS) is 13.0. The van der Waals surface area contributed by atoms with Gasteiger partial charge < -0.3 is 0 Å². The lowest BCUT2D eigenvalue weighted by molar-refractivity contribution is 0.0170. The quantitative estimate of drug-likeness (QED) is 0.674. The fourth-order valence-electron chi connectivity index (χ4n) is 1.10. The van der Waals surface area contributed by atoms with Crippen LogP contribution in [0.3, 0.4) is 0 Å². The van der Waals surface area contributed by atoms with Gasteiger partial charge in [-0.15, -0.1) is 0 Å². The van der Waals surface area contributed by atoms with Crippen LogP contribution in [0.5, 0.6) is 0 Å². The molecule has 0 aliphatic heterocycles. The molecule has 0 aliphatic rings. The summed E-state index contributed by atoms with van der Waals surface area (Å²) in [5.74, 6) is -2.80. The summed E-state index contributed by atoms with van der Waals surface area (Å²) in [7, 11) is 0. The predicted octanol–water partition coefficient (Wildman–Crippen LogP) is 3.49. The zero-order valence-corrected chi connectivity index (χ0v) is 8.94. The molecule has 0 unspecified atom stereocenters. The summed E-state index contributed by atoms with van der Waals surface area (Å²) in [4.78, 5) is 4.04. The van der Waals surface area contributed by atoms with E-state index in [9.17, 15) is 8.78 Å². The minimum atomic E-state index is -2.80. The fraction of sp³-hybridized carbons (Fsp3) is 0.545. The first-order chi connectivity index (χ1) is 6.21. The summed E-state index contributed by atoms with van der Waals surface area (Å²) < 4.78 is 25.7. The summed E-state index contributed by atoms with van der Waals surface area (Å²) in [6.45, 7) is 6.87. The van der Waals surface area contributed by atoms with Crippen LogP contribution in [0.1, 0.15) is 39.0 Å². The van der Waals surface area contributed by atoms with Gasteiger partial charge in [-0.1, -0.05) is 20.8 Å². The predicted molar refractivity (Wildman–Crippen MR) is 52.5 cm³/mol. The number of aromatic nitrogens is 1. The van der Waals surface area contributed by atoms with Crippen molar-refractivity contribution in [2.24, 2.45) is 0 Å². The first-order valence-electron chi connectivity index (χ1n) is 4.56.